The van der Waals surface area contributed by atoms with Crippen LogP contribution in [0.4, 0.5) is 4.39 Å². The normalized spacial score (nSPS) is 9.82. The molecule has 1 aromatic rings. The second kappa shape index (κ2) is 3.38. The summed E-state index contributed by atoms with van der Waals surface area (Å²) in [6.07, 6.45) is 0. The Hall–Kier alpha value is -0.320. The highest BCUT2D eigenvalue weighted by atomic mass is 127. The minimum Gasteiger partial charge on any atom is -0.494 e. The highest BCUT2D eigenvalue weighted by Crippen LogP contribution is 2.23. The molecule has 0 aliphatic carbocycles. The Morgan fingerprint density at radius 1 is 1.45 bits per heavy atom. The molecule has 0 aromatic heterocycles. The summed E-state index contributed by atoms with van der Waals surface area (Å²) in [4.78, 5) is 0. The van der Waals surface area contributed by atoms with Gasteiger partial charge in [0.1, 0.15) is 0 Å². The van der Waals surface area contributed by atoms with Crippen LogP contribution in [0, 0.1) is 16.3 Å². The molecule has 0 fully saturated rings. The first kappa shape index (κ1) is 8.77. The minimum absolute atomic E-state index is 0.264. The molecule has 0 aliphatic heterocycles. The SMILES string of the molecule is COc1ccc(I)c(C)c1F. The average Bonchev–Trinajstić information content (AvgIpc) is 2.01. The summed E-state index contributed by atoms with van der Waals surface area (Å²) in [6.45, 7) is 1.74. The van der Waals surface area contributed by atoms with Gasteiger partial charge in [-0.1, -0.05) is 0 Å². The molecule has 0 radical (unpaired) electrons. The van der Waals surface area contributed by atoms with Crippen LogP contribution in [0.5, 0.6) is 5.75 Å². The van der Waals surface area contributed by atoms with E-state index in [9.17, 15) is 4.39 Å². The molecule has 0 heterocycles. The molecular weight excluding hydrogens is 258 g/mol. The van der Waals surface area contributed by atoms with Gasteiger partial charge in [0.25, 0.3) is 0 Å². The second-order valence-electron chi connectivity index (χ2n) is 2.19. The van der Waals surface area contributed by atoms with E-state index in [0.29, 0.717) is 11.3 Å². The van der Waals surface area contributed by atoms with Crippen molar-refractivity contribution in [3.05, 3.63) is 27.1 Å². The maximum absolute atomic E-state index is 13.1. The van der Waals surface area contributed by atoms with E-state index in [0.717, 1.165) is 3.57 Å². The summed E-state index contributed by atoms with van der Waals surface area (Å²) in [5, 5.41) is 0. The van der Waals surface area contributed by atoms with Crippen LogP contribution in [0.15, 0.2) is 12.1 Å². The van der Waals surface area contributed by atoms with Gasteiger partial charge < -0.3 is 4.74 Å². The average molecular weight is 266 g/mol. The van der Waals surface area contributed by atoms with E-state index in [4.69, 9.17) is 4.74 Å². The maximum atomic E-state index is 13.1. The van der Waals surface area contributed by atoms with Crippen molar-refractivity contribution in [2.45, 2.75) is 6.92 Å². The lowest BCUT2D eigenvalue weighted by Crippen LogP contribution is -1.92. The molecule has 1 nitrogen and oxygen atoms in total. The molecule has 0 bridgehead atoms. The zero-order valence-electron chi connectivity index (χ0n) is 6.32. The zero-order chi connectivity index (χ0) is 8.43. The molecule has 0 amide bonds. The molecule has 1 rings (SSSR count). The van der Waals surface area contributed by atoms with E-state index in [2.05, 4.69) is 22.6 Å². The summed E-state index contributed by atoms with van der Waals surface area (Å²) in [5.41, 5.74) is 0.643. The minimum atomic E-state index is -0.264. The predicted octanol–water partition coefficient (Wildman–Crippen LogP) is 2.75. The van der Waals surface area contributed by atoms with Crippen LogP contribution >= 0.6 is 22.6 Å². The third-order valence-electron chi connectivity index (χ3n) is 1.50. The van der Waals surface area contributed by atoms with Crippen LogP contribution in [-0.4, -0.2) is 7.11 Å². The van der Waals surface area contributed by atoms with E-state index in [-0.39, 0.29) is 5.82 Å². The lowest BCUT2D eigenvalue weighted by atomic mass is 10.2. The Bertz CT molecular complexity index is 273. The second-order valence-corrected chi connectivity index (χ2v) is 3.35. The molecule has 60 valence electrons. The van der Waals surface area contributed by atoms with Gasteiger partial charge in [0, 0.05) is 9.13 Å². The molecule has 3 heteroatoms. The number of hydrogen-bond donors (Lipinski definition) is 0. The summed E-state index contributed by atoms with van der Waals surface area (Å²) in [5.74, 6) is 0.0438. The molecule has 0 spiro atoms. The molecule has 0 saturated carbocycles. The Morgan fingerprint density at radius 2 is 2.09 bits per heavy atom. The Balaban J connectivity index is 3.25. The number of halogens is 2. The lowest BCUT2D eigenvalue weighted by Gasteiger charge is -2.04. The van der Waals surface area contributed by atoms with Crippen LogP contribution < -0.4 is 4.74 Å². The van der Waals surface area contributed by atoms with Gasteiger partial charge in [0.15, 0.2) is 11.6 Å². The van der Waals surface area contributed by atoms with Crippen molar-refractivity contribution in [2.24, 2.45) is 0 Å². The fraction of sp³-hybridized carbons (Fsp3) is 0.250. The van der Waals surface area contributed by atoms with Crippen molar-refractivity contribution in [3.63, 3.8) is 0 Å². The van der Waals surface area contributed by atoms with Crippen molar-refractivity contribution in [1.82, 2.24) is 0 Å². The van der Waals surface area contributed by atoms with Gasteiger partial charge in [0.05, 0.1) is 7.11 Å². The standard InChI is InChI=1S/C8H8FIO/c1-5-6(10)3-4-7(11-2)8(5)9/h3-4H,1-2H3. The van der Waals surface area contributed by atoms with E-state index in [1.165, 1.54) is 7.11 Å². The van der Waals surface area contributed by atoms with Crippen LogP contribution in [0.3, 0.4) is 0 Å². The Morgan fingerprint density at radius 3 is 2.64 bits per heavy atom. The Kier molecular flexibility index (Phi) is 2.70. The van der Waals surface area contributed by atoms with Crippen LogP contribution in [-0.2, 0) is 0 Å². The topological polar surface area (TPSA) is 9.23 Å². The molecule has 0 N–H and O–H groups in total. The number of ether oxygens (including phenoxy) is 1. The van der Waals surface area contributed by atoms with Gasteiger partial charge in [-0.15, -0.1) is 0 Å². The van der Waals surface area contributed by atoms with E-state index in [1.54, 1.807) is 13.0 Å². The molecule has 0 saturated heterocycles. The molecule has 0 aliphatic rings. The monoisotopic (exact) mass is 266 g/mol. The summed E-state index contributed by atoms with van der Waals surface area (Å²) in [7, 11) is 1.46. The maximum Gasteiger partial charge on any atom is 0.168 e. The number of methoxy groups -OCH3 is 1. The van der Waals surface area contributed by atoms with Crippen molar-refractivity contribution < 1.29 is 9.13 Å². The largest absolute Gasteiger partial charge is 0.494 e. The fourth-order valence-electron chi connectivity index (χ4n) is 0.794. The first-order chi connectivity index (χ1) is 5.16. The van der Waals surface area contributed by atoms with Crippen molar-refractivity contribution in [2.75, 3.05) is 7.11 Å². The number of hydrogen-bond acceptors (Lipinski definition) is 1. The first-order valence-corrected chi connectivity index (χ1v) is 4.23. The van der Waals surface area contributed by atoms with E-state index >= 15 is 0 Å². The Labute approximate surface area is 78.7 Å². The van der Waals surface area contributed by atoms with Gasteiger partial charge >= 0.3 is 0 Å². The lowest BCUT2D eigenvalue weighted by molar-refractivity contribution is 0.385. The van der Waals surface area contributed by atoms with Gasteiger partial charge in [-0.05, 0) is 41.6 Å². The highest BCUT2D eigenvalue weighted by molar-refractivity contribution is 14.1. The highest BCUT2D eigenvalue weighted by Gasteiger charge is 2.07. The van der Waals surface area contributed by atoms with Crippen LogP contribution in [0.25, 0.3) is 0 Å². The third kappa shape index (κ3) is 1.64. The van der Waals surface area contributed by atoms with Gasteiger partial charge in [-0.3, -0.25) is 0 Å². The van der Waals surface area contributed by atoms with E-state index < -0.39 is 0 Å². The molecule has 0 unspecified atom stereocenters. The zero-order valence-corrected chi connectivity index (χ0v) is 8.48. The summed E-state index contributed by atoms with van der Waals surface area (Å²) >= 11 is 2.09. The quantitative estimate of drug-likeness (QED) is 0.710. The van der Waals surface area contributed by atoms with E-state index in [1.807, 2.05) is 6.07 Å². The molecule has 1 aromatic carbocycles. The smallest absolute Gasteiger partial charge is 0.168 e. The fourth-order valence-corrected chi connectivity index (χ4v) is 1.21. The first-order valence-electron chi connectivity index (χ1n) is 3.15. The van der Waals surface area contributed by atoms with Crippen LogP contribution in [0.2, 0.25) is 0 Å². The van der Waals surface area contributed by atoms with Crippen molar-refractivity contribution in [1.29, 1.82) is 0 Å². The summed E-state index contributed by atoms with van der Waals surface area (Å²) < 4.78 is 18.9. The number of benzene rings is 1. The number of rotatable bonds is 1. The molecular formula is C8H8FIO. The van der Waals surface area contributed by atoms with Gasteiger partial charge in [-0.25, -0.2) is 4.39 Å². The predicted molar refractivity (Wildman–Crippen MR) is 50.4 cm³/mol. The molecule has 0 atom stereocenters. The molecule has 11 heavy (non-hydrogen) atoms. The summed E-state index contributed by atoms with van der Waals surface area (Å²) in [6, 6.07) is 3.46. The van der Waals surface area contributed by atoms with Gasteiger partial charge in [-0.2, -0.15) is 0 Å². The van der Waals surface area contributed by atoms with Gasteiger partial charge in [0.2, 0.25) is 0 Å². The van der Waals surface area contributed by atoms with Crippen molar-refractivity contribution >= 4 is 22.6 Å². The van der Waals surface area contributed by atoms with Crippen molar-refractivity contribution in [3.8, 4) is 5.75 Å². The third-order valence-corrected chi connectivity index (χ3v) is 2.67. The van der Waals surface area contributed by atoms with Crippen LogP contribution in [0.1, 0.15) is 5.56 Å².